The zero-order valence-corrected chi connectivity index (χ0v) is 24.7. The fourth-order valence-electron chi connectivity index (χ4n) is 4.43. The van der Waals surface area contributed by atoms with Crippen molar-refractivity contribution in [2.24, 2.45) is 0 Å². The number of ether oxygens (including phenoxy) is 2. The number of imidazole rings is 1. The number of pyridine rings is 1. The Hall–Kier alpha value is -4.49. The van der Waals surface area contributed by atoms with Gasteiger partial charge >= 0.3 is 17.7 Å². The monoisotopic (exact) mass is 592 g/mol. The fraction of sp³-hybridized carbons (Fsp3) is 0.433. The minimum Gasteiger partial charge on any atom is -0.492 e. The number of aromatic nitrogens is 5. The Morgan fingerprint density at radius 2 is 1.98 bits per heavy atom. The van der Waals surface area contributed by atoms with E-state index in [0.717, 1.165) is 55.7 Å². The molecule has 3 aromatic heterocycles. The average Bonchev–Trinajstić information content (AvgIpc) is 3.29. The number of aromatic amines is 1. The van der Waals surface area contributed by atoms with Gasteiger partial charge in [-0.1, -0.05) is 31.5 Å². The molecule has 0 saturated heterocycles. The van der Waals surface area contributed by atoms with Crippen LogP contribution < -0.4 is 26.2 Å². The van der Waals surface area contributed by atoms with E-state index in [9.17, 15) is 9.59 Å². The third-order valence-corrected chi connectivity index (χ3v) is 6.78. The van der Waals surface area contributed by atoms with Gasteiger partial charge in [-0.05, 0) is 62.3 Å². The Kier molecular flexibility index (Phi) is 11.5. The first-order chi connectivity index (χ1) is 20.8. The molecule has 0 saturated carbocycles. The number of carbonyl (C=O) groups is 1. The molecule has 0 aliphatic rings. The van der Waals surface area contributed by atoms with Crippen molar-refractivity contribution in [3.8, 4) is 11.8 Å². The SMILES string of the molecule is CCCCOc1nc(N)c2[nH]c(=O)n(Cc3ccc(CNCCCN(C)CCOc4cccc(CC(=O)O)c4)nc3)c2n1. The lowest BCUT2D eigenvalue weighted by Crippen LogP contribution is -2.28. The molecule has 5 N–H and O–H groups in total. The van der Waals surface area contributed by atoms with E-state index in [1.807, 2.05) is 31.3 Å². The number of nitrogens with zero attached hydrogens (tertiary/aromatic N) is 5. The number of benzene rings is 1. The highest BCUT2D eigenvalue weighted by atomic mass is 16.5. The Bertz CT molecular complexity index is 1540. The summed E-state index contributed by atoms with van der Waals surface area (Å²) >= 11 is 0. The molecule has 43 heavy (non-hydrogen) atoms. The number of fused-ring (bicyclic) bond motifs is 1. The standard InChI is InChI=1S/C30H40N8O5/c1-3-4-14-43-29-35-27(31)26-28(36-29)38(30(41)34-26)20-22-9-10-23(33-18-22)19-32-11-6-12-37(2)13-15-42-24-8-5-7-21(16-24)17-25(39)40/h5,7-10,16,18,32H,3-4,6,11-15,17,19-20H2,1-2H3,(H,34,41)(H,39,40)(H2,31,35,36). The Morgan fingerprint density at radius 1 is 1.12 bits per heavy atom. The molecule has 0 aliphatic heterocycles. The van der Waals surface area contributed by atoms with Crippen LogP contribution in [-0.2, 0) is 24.3 Å². The van der Waals surface area contributed by atoms with Gasteiger partial charge in [-0.3, -0.25) is 14.3 Å². The molecule has 1 aromatic carbocycles. The molecule has 0 bridgehead atoms. The Morgan fingerprint density at radius 3 is 2.74 bits per heavy atom. The maximum Gasteiger partial charge on any atom is 0.328 e. The molecule has 13 nitrogen and oxygen atoms in total. The lowest BCUT2D eigenvalue weighted by atomic mass is 10.1. The van der Waals surface area contributed by atoms with E-state index in [4.69, 9.17) is 20.3 Å². The molecule has 0 spiro atoms. The van der Waals surface area contributed by atoms with Crippen LogP contribution in [0.3, 0.4) is 0 Å². The molecule has 230 valence electrons. The summed E-state index contributed by atoms with van der Waals surface area (Å²) in [5.41, 5.74) is 8.99. The molecule has 4 aromatic rings. The molecular formula is C30H40N8O5. The van der Waals surface area contributed by atoms with E-state index in [1.165, 1.54) is 4.57 Å². The molecule has 3 heterocycles. The van der Waals surface area contributed by atoms with Crippen LogP contribution in [0.1, 0.15) is 43.0 Å². The number of likely N-dealkylation sites (N-methyl/N-ethyl adjacent to an activating group) is 1. The average molecular weight is 593 g/mol. The highest BCUT2D eigenvalue weighted by molar-refractivity contribution is 5.82. The molecule has 0 radical (unpaired) electrons. The van der Waals surface area contributed by atoms with Gasteiger partial charge in [0.2, 0.25) is 0 Å². The van der Waals surface area contributed by atoms with Crippen LogP contribution in [0, 0.1) is 0 Å². The summed E-state index contributed by atoms with van der Waals surface area (Å²) in [6.45, 7) is 6.49. The minimum absolute atomic E-state index is 0.0158. The van der Waals surface area contributed by atoms with Crippen LogP contribution in [0.2, 0.25) is 0 Å². The van der Waals surface area contributed by atoms with E-state index in [2.05, 4.69) is 37.1 Å². The summed E-state index contributed by atoms with van der Waals surface area (Å²) in [5, 5.41) is 12.4. The third kappa shape index (κ3) is 9.51. The topological polar surface area (TPSA) is 174 Å². The Balaban J connectivity index is 1.18. The smallest absolute Gasteiger partial charge is 0.328 e. The number of aliphatic carboxylic acids is 1. The van der Waals surface area contributed by atoms with E-state index in [1.54, 1.807) is 18.3 Å². The van der Waals surface area contributed by atoms with Gasteiger partial charge in [0, 0.05) is 19.3 Å². The quantitative estimate of drug-likeness (QED) is 0.125. The molecule has 0 fully saturated rings. The second kappa shape index (κ2) is 15.7. The second-order valence-electron chi connectivity index (χ2n) is 10.4. The molecule has 13 heteroatoms. The van der Waals surface area contributed by atoms with E-state index >= 15 is 0 Å². The molecule has 0 atom stereocenters. The van der Waals surface area contributed by atoms with Crippen LogP contribution in [0.4, 0.5) is 5.82 Å². The van der Waals surface area contributed by atoms with Gasteiger partial charge in [-0.15, -0.1) is 0 Å². The van der Waals surface area contributed by atoms with Crippen molar-refractivity contribution in [1.82, 2.24) is 34.7 Å². The summed E-state index contributed by atoms with van der Waals surface area (Å²) in [7, 11) is 2.05. The van der Waals surface area contributed by atoms with Crippen LogP contribution in [0.15, 0.2) is 47.4 Å². The number of anilines is 1. The molecule has 0 unspecified atom stereocenters. The lowest BCUT2D eigenvalue weighted by Gasteiger charge is -2.17. The zero-order valence-electron chi connectivity index (χ0n) is 24.7. The summed E-state index contributed by atoms with van der Waals surface area (Å²) < 4.78 is 12.9. The van der Waals surface area contributed by atoms with Crippen molar-refractivity contribution in [3.63, 3.8) is 0 Å². The Labute approximate surface area is 250 Å². The highest BCUT2D eigenvalue weighted by Crippen LogP contribution is 2.19. The van der Waals surface area contributed by atoms with Crippen molar-refractivity contribution >= 4 is 23.0 Å². The summed E-state index contributed by atoms with van der Waals surface area (Å²) in [5.74, 6) is -0.00438. The fourth-order valence-corrected chi connectivity index (χ4v) is 4.43. The van der Waals surface area contributed by atoms with Crippen molar-refractivity contribution in [3.05, 3.63) is 69.9 Å². The van der Waals surface area contributed by atoms with Gasteiger partial charge in [-0.2, -0.15) is 9.97 Å². The van der Waals surface area contributed by atoms with Gasteiger partial charge in [-0.25, -0.2) is 4.79 Å². The first-order valence-electron chi connectivity index (χ1n) is 14.5. The number of carboxylic acids is 1. The van der Waals surface area contributed by atoms with Gasteiger partial charge in [0.25, 0.3) is 0 Å². The second-order valence-corrected chi connectivity index (χ2v) is 10.4. The first kappa shape index (κ1) is 31.4. The lowest BCUT2D eigenvalue weighted by molar-refractivity contribution is -0.136. The van der Waals surface area contributed by atoms with Crippen LogP contribution >= 0.6 is 0 Å². The zero-order chi connectivity index (χ0) is 30.6. The van der Waals surface area contributed by atoms with Crippen molar-refractivity contribution in [2.75, 3.05) is 45.6 Å². The number of rotatable bonds is 18. The molecule has 0 amide bonds. The number of hydrogen-bond donors (Lipinski definition) is 4. The number of nitrogen functional groups attached to an aromatic ring is 1. The number of nitrogens with one attached hydrogen (secondary N) is 2. The summed E-state index contributed by atoms with van der Waals surface area (Å²) in [6.07, 6.45) is 4.56. The molecule has 0 aliphatic carbocycles. The van der Waals surface area contributed by atoms with Crippen molar-refractivity contribution in [2.45, 2.75) is 45.7 Å². The number of carboxylic acid groups (broad SMARTS) is 1. The van der Waals surface area contributed by atoms with Gasteiger partial charge in [0.05, 0.1) is 25.3 Å². The van der Waals surface area contributed by atoms with Gasteiger partial charge in [0.15, 0.2) is 11.5 Å². The number of hydrogen-bond acceptors (Lipinski definition) is 10. The molecular weight excluding hydrogens is 552 g/mol. The van der Waals surface area contributed by atoms with Crippen molar-refractivity contribution < 1.29 is 19.4 Å². The minimum atomic E-state index is -0.859. The van der Waals surface area contributed by atoms with E-state index in [0.29, 0.717) is 36.7 Å². The number of unbranched alkanes of at least 4 members (excludes halogenated alkanes) is 1. The first-order valence-corrected chi connectivity index (χ1v) is 14.5. The number of nitrogens with two attached hydrogens (primary N) is 1. The number of H-pyrrole nitrogens is 1. The van der Waals surface area contributed by atoms with Crippen LogP contribution in [0.25, 0.3) is 11.2 Å². The van der Waals surface area contributed by atoms with Crippen LogP contribution in [-0.4, -0.2) is 80.4 Å². The third-order valence-electron chi connectivity index (χ3n) is 6.78. The van der Waals surface area contributed by atoms with Gasteiger partial charge < -0.3 is 35.5 Å². The van der Waals surface area contributed by atoms with E-state index in [-0.39, 0.29) is 30.5 Å². The van der Waals surface area contributed by atoms with Gasteiger partial charge in [0.1, 0.15) is 17.9 Å². The molecule has 4 rings (SSSR count). The largest absolute Gasteiger partial charge is 0.492 e. The summed E-state index contributed by atoms with van der Waals surface area (Å²) in [6, 6.07) is 11.2. The predicted octanol–water partition coefficient (Wildman–Crippen LogP) is 2.44. The van der Waals surface area contributed by atoms with Crippen molar-refractivity contribution in [1.29, 1.82) is 0 Å². The van der Waals surface area contributed by atoms with E-state index < -0.39 is 5.97 Å². The van der Waals surface area contributed by atoms with Crippen LogP contribution in [0.5, 0.6) is 11.8 Å². The normalized spacial score (nSPS) is 11.3. The summed E-state index contributed by atoms with van der Waals surface area (Å²) in [4.78, 5) is 41.6. The highest BCUT2D eigenvalue weighted by Gasteiger charge is 2.15. The maximum absolute atomic E-state index is 12.6. The maximum atomic E-state index is 12.6. The predicted molar refractivity (Wildman–Crippen MR) is 163 cm³/mol.